The summed E-state index contributed by atoms with van der Waals surface area (Å²) in [6.45, 7) is 0. The summed E-state index contributed by atoms with van der Waals surface area (Å²) in [7, 11) is 0. The smallest absolute Gasteiger partial charge is 0.289 e. The van der Waals surface area contributed by atoms with Gasteiger partial charge in [0.1, 0.15) is 0 Å². The Labute approximate surface area is 87.3 Å². The number of carbonyl (C=O) groups excluding carboxylic acids is 2. The summed E-state index contributed by atoms with van der Waals surface area (Å²) in [5, 5.41) is 16.0. The SMILES string of the molecule is NNC(=O)c1n[nH]c(C(=O)NN)c1[N+](=O)[O-]. The molecule has 0 aliphatic rings. The fraction of sp³-hybridized carbons (Fsp3) is 0. The summed E-state index contributed by atoms with van der Waals surface area (Å²) in [5.74, 6) is 7.61. The second-order valence-corrected chi connectivity index (χ2v) is 2.50. The number of aromatic nitrogens is 2. The van der Waals surface area contributed by atoms with E-state index >= 15 is 0 Å². The number of amides is 2. The molecule has 0 aliphatic carbocycles. The van der Waals surface area contributed by atoms with Gasteiger partial charge in [0, 0.05) is 0 Å². The molecule has 0 fully saturated rings. The van der Waals surface area contributed by atoms with E-state index in [1.165, 1.54) is 0 Å². The summed E-state index contributed by atoms with van der Waals surface area (Å²) < 4.78 is 0. The van der Waals surface area contributed by atoms with Crippen LogP contribution in [0, 0.1) is 10.1 Å². The molecule has 0 atom stereocenters. The topological polar surface area (TPSA) is 182 Å². The molecule has 0 bridgehead atoms. The Balaban J connectivity index is 3.33. The summed E-state index contributed by atoms with van der Waals surface area (Å²) in [6, 6.07) is 0. The van der Waals surface area contributed by atoms with Crippen molar-refractivity contribution in [1.82, 2.24) is 21.0 Å². The Hall–Kier alpha value is -2.53. The highest BCUT2D eigenvalue weighted by molar-refractivity contribution is 6.03. The second kappa shape index (κ2) is 4.33. The van der Waals surface area contributed by atoms with Crippen LogP contribution < -0.4 is 22.5 Å². The summed E-state index contributed by atoms with van der Waals surface area (Å²) in [5.41, 5.74) is 1.39. The molecular weight excluding hydrogens is 222 g/mol. The number of nitrogens with zero attached hydrogens (tertiary/aromatic N) is 2. The largest absolute Gasteiger partial charge is 0.332 e. The van der Waals surface area contributed by atoms with Gasteiger partial charge in [-0.15, -0.1) is 0 Å². The number of nitrogen functional groups attached to an aromatic ring is 2. The van der Waals surface area contributed by atoms with Crippen molar-refractivity contribution in [2.24, 2.45) is 11.7 Å². The number of nitrogens with two attached hydrogens (primary N) is 2. The van der Waals surface area contributed by atoms with Crippen LogP contribution in [-0.4, -0.2) is 26.9 Å². The Morgan fingerprint density at radius 1 is 1.31 bits per heavy atom. The minimum Gasteiger partial charge on any atom is -0.289 e. The maximum absolute atomic E-state index is 11.1. The van der Waals surface area contributed by atoms with Crippen molar-refractivity contribution in [3.05, 3.63) is 21.5 Å². The molecule has 1 aromatic rings. The van der Waals surface area contributed by atoms with Crippen LogP contribution >= 0.6 is 0 Å². The number of nitro groups is 1. The lowest BCUT2D eigenvalue weighted by molar-refractivity contribution is -0.385. The molecule has 1 aromatic heterocycles. The molecule has 11 nitrogen and oxygen atoms in total. The molecule has 0 unspecified atom stereocenters. The third-order valence-electron chi connectivity index (χ3n) is 1.63. The Kier molecular flexibility index (Phi) is 3.12. The average molecular weight is 229 g/mol. The molecule has 16 heavy (non-hydrogen) atoms. The lowest BCUT2D eigenvalue weighted by Gasteiger charge is -1.96. The molecule has 0 aliphatic heterocycles. The zero-order valence-corrected chi connectivity index (χ0v) is 7.68. The van der Waals surface area contributed by atoms with Gasteiger partial charge in [-0.2, -0.15) is 5.10 Å². The van der Waals surface area contributed by atoms with Gasteiger partial charge >= 0.3 is 5.69 Å². The van der Waals surface area contributed by atoms with Crippen LogP contribution in [0.5, 0.6) is 0 Å². The number of H-pyrrole nitrogens is 1. The maximum Gasteiger partial charge on any atom is 0.332 e. The first-order valence-electron chi connectivity index (χ1n) is 3.77. The van der Waals surface area contributed by atoms with E-state index in [4.69, 9.17) is 11.7 Å². The van der Waals surface area contributed by atoms with Crippen LogP contribution in [0.2, 0.25) is 0 Å². The van der Waals surface area contributed by atoms with Gasteiger partial charge in [0.25, 0.3) is 11.8 Å². The minimum absolute atomic E-state index is 0.536. The second-order valence-electron chi connectivity index (χ2n) is 2.50. The van der Waals surface area contributed by atoms with Crippen LogP contribution in [0.3, 0.4) is 0 Å². The predicted molar refractivity (Wildman–Crippen MR) is 48.5 cm³/mol. The first kappa shape index (κ1) is 11.5. The van der Waals surface area contributed by atoms with E-state index in [0.29, 0.717) is 0 Å². The summed E-state index contributed by atoms with van der Waals surface area (Å²) in [6.07, 6.45) is 0. The molecule has 0 aromatic carbocycles. The Bertz CT molecular complexity index is 418. The standard InChI is InChI=1S/C5H7N7O4/c6-8-4(13)1-3(12(15)16)2(11-10-1)5(14)9-7/h6-7H2,(H,8,13)(H,9,14)(H,10,11). The molecular formula is C5H7N7O4. The number of hydrazine groups is 2. The van der Waals surface area contributed by atoms with Crippen LogP contribution in [0.15, 0.2) is 0 Å². The fourth-order valence-electron chi connectivity index (χ4n) is 0.971. The predicted octanol–water partition coefficient (Wildman–Crippen LogP) is -2.48. The fourth-order valence-corrected chi connectivity index (χ4v) is 0.971. The molecule has 0 saturated carbocycles. The third kappa shape index (κ3) is 1.79. The van der Waals surface area contributed by atoms with E-state index < -0.39 is 33.8 Å². The zero-order valence-electron chi connectivity index (χ0n) is 7.68. The molecule has 1 rings (SSSR count). The monoisotopic (exact) mass is 229 g/mol. The van der Waals surface area contributed by atoms with Crippen molar-refractivity contribution < 1.29 is 14.5 Å². The number of hydrogen-bond donors (Lipinski definition) is 5. The minimum atomic E-state index is -1.00. The molecule has 7 N–H and O–H groups in total. The maximum atomic E-state index is 11.1. The average Bonchev–Trinajstić information content (AvgIpc) is 2.71. The van der Waals surface area contributed by atoms with E-state index in [1.54, 1.807) is 10.9 Å². The van der Waals surface area contributed by atoms with E-state index in [1.807, 2.05) is 5.10 Å². The molecule has 1 heterocycles. The number of rotatable bonds is 3. The highest BCUT2D eigenvalue weighted by Crippen LogP contribution is 2.20. The number of carbonyl (C=O) groups is 2. The quantitative estimate of drug-likeness (QED) is 0.164. The highest BCUT2D eigenvalue weighted by atomic mass is 16.6. The van der Waals surface area contributed by atoms with Crippen molar-refractivity contribution in [2.45, 2.75) is 0 Å². The first-order valence-corrected chi connectivity index (χ1v) is 3.77. The van der Waals surface area contributed by atoms with Gasteiger partial charge in [-0.25, -0.2) is 11.7 Å². The normalized spacial score (nSPS) is 9.62. The van der Waals surface area contributed by atoms with E-state index in [-0.39, 0.29) is 0 Å². The van der Waals surface area contributed by atoms with E-state index in [9.17, 15) is 19.7 Å². The molecule has 0 saturated heterocycles. The summed E-state index contributed by atoms with van der Waals surface area (Å²) >= 11 is 0. The number of aromatic amines is 1. The van der Waals surface area contributed by atoms with E-state index in [2.05, 4.69) is 5.10 Å². The zero-order chi connectivity index (χ0) is 12.3. The van der Waals surface area contributed by atoms with Crippen molar-refractivity contribution in [3.8, 4) is 0 Å². The van der Waals surface area contributed by atoms with Crippen molar-refractivity contribution >= 4 is 17.5 Å². The molecule has 0 radical (unpaired) electrons. The number of hydrogen-bond acceptors (Lipinski definition) is 7. The van der Waals surface area contributed by atoms with Crippen LogP contribution in [0.25, 0.3) is 0 Å². The van der Waals surface area contributed by atoms with Crippen molar-refractivity contribution in [1.29, 1.82) is 0 Å². The lowest BCUT2D eigenvalue weighted by atomic mass is 10.2. The third-order valence-corrected chi connectivity index (χ3v) is 1.63. The van der Waals surface area contributed by atoms with Crippen molar-refractivity contribution in [3.63, 3.8) is 0 Å². The van der Waals surface area contributed by atoms with E-state index in [0.717, 1.165) is 0 Å². The molecule has 86 valence electrons. The lowest BCUT2D eigenvalue weighted by Crippen LogP contribution is -2.32. The number of nitrogens with one attached hydrogen (secondary N) is 3. The van der Waals surface area contributed by atoms with Crippen LogP contribution in [0.1, 0.15) is 21.0 Å². The summed E-state index contributed by atoms with van der Waals surface area (Å²) in [4.78, 5) is 31.9. The van der Waals surface area contributed by atoms with Gasteiger partial charge in [-0.05, 0) is 0 Å². The van der Waals surface area contributed by atoms with Crippen LogP contribution in [0.4, 0.5) is 5.69 Å². The molecule has 2 amide bonds. The van der Waals surface area contributed by atoms with Gasteiger partial charge in [-0.1, -0.05) is 0 Å². The van der Waals surface area contributed by atoms with Crippen LogP contribution in [-0.2, 0) is 0 Å². The molecule has 0 spiro atoms. The Morgan fingerprint density at radius 3 is 2.31 bits per heavy atom. The van der Waals surface area contributed by atoms with Gasteiger partial charge in [0.2, 0.25) is 11.4 Å². The van der Waals surface area contributed by atoms with Gasteiger partial charge in [0.15, 0.2) is 0 Å². The highest BCUT2D eigenvalue weighted by Gasteiger charge is 2.32. The first-order chi connectivity index (χ1) is 7.52. The Morgan fingerprint density at radius 2 is 1.88 bits per heavy atom. The van der Waals surface area contributed by atoms with Gasteiger partial charge in [0.05, 0.1) is 4.92 Å². The van der Waals surface area contributed by atoms with Crippen molar-refractivity contribution in [2.75, 3.05) is 0 Å². The van der Waals surface area contributed by atoms with Gasteiger partial charge < -0.3 is 0 Å². The van der Waals surface area contributed by atoms with Gasteiger partial charge in [-0.3, -0.25) is 35.7 Å². The molecule has 11 heteroatoms.